The zero-order valence-corrected chi connectivity index (χ0v) is 12.4. The molecule has 0 radical (unpaired) electrons. The van der Waals surface area contributed by atoms with Gasteiger partial charge in [0, 0.05) is 0 Å². The number of rotatable bonds is 1. The smallest absolute Gasteiger partial charge is 0.309 e. The van der Waals surface area contributed by atoms with E-state index in [2.05, 4.69) is 19.9 Å². The average molecular weight is 250 g/mol. The molecular formula is C16H26O2. The van der Waals surface area contributed by atoms with Crippen molar-refractivity contribution < 1.29 is 9.53 Å². The normalized spacial score (nSPS) is 35.9. The molecule has 18 heavy (non-hydrogen) atoms. The Labute approximate surface area is 111 Å². The second-order valence-corrected chi connectivity index (χ2v) is 7.26. The van der Waals surface area contributed by atoms with Crippen LogP contribution in [0, 0.1) is 17.3 Å². The molecule has 0 saturated heterocycles. The van der Waals surface area contributed by atoms with Crippen molar-refractivity contribution in [2.75, 3.05) is 0 Å². The van der Waals surface area contributed by atoms with Crippen LogP contribution in [0.25, 0.3) is 0 Å². The van der Waals surface area contributed by atoms with Gasteiger partial charge >= 0.3 is 5.97 Å². The highest BCUT2D eigenvalue weighted by atomic mass is 16.6. The van der Waals surface area contributed by atoms with Gasteiger partial charge in [-0.3, -0.25) is 4.79 Å². The quantitative estimate of drug-likeness (QED) is 0.517. The van der Waals surface area contributed by atoms with Crippen LogP contribution < -0.4 is 0 Å². The summed E-state index contributed by atoms with van der Waals surface area (Å²) in [6.45, 7) is 10.5. The van der Waals surface area contributed by atoms with Gasteiger partial charge in [0.25, 0.3) is 0 Å². The summed E-state index contributed by atoms with van der Waals surface area (Å²) in [4.78, 5) is 12.2. The molecule has 2 nitrogen and oxygen atoms in total. The third kappa shape index (κ3) is 2.48. The first-order valence-electron chi connectivity index (χ1n) is 7.15. The summed E-state index contributed by atoms with van der Waals surface area (Å²) in [5, 5.41) is 0. The first kappa shape index (κ1) is 13.6. The lowest BCUT2D eigenvalue weighted by Gasteiger charge is -2.36. The molecule has 1 unspecified atom stereocenters. The van der Waals surface area contributed by atoms with Crippen LogP contribution in [0.5, 0.6) is 0 Å². The highest BCUT2D eigenvalue weighted by molar-refractivity contribution is 5.74. The molecule has 0 aromatic carbocycles. The second-order valence-electron chi connectivity index (χ2n) is 7.26. The van der Waals surface area contributed by atoms with Crippen molar-refractivity contribution in [1.82, 2.24) is 0 Å². The number of ether oxygens (including phenoxy) is 1. The Morgan fingerprint density at radius 1 is 1.44 bits per heavy atom. The van der Waals surface area contributed by atoms with Crippen LogP contribution in [0.15, 0.2) is 11.6 Å². The lowest BCUT2D eigenvalue weighted by atomic mass is 9.68. The maximum absolute atomic E-state index is 12.2. The number of hydrogen-bond acceptors (Lipinski definition) is 2. The minimum atomic E-state index is -0.369. The van der Waals surface area contributed by atoms with Gasteiger partial charge in [0.15, 0.2) is 0 Å². The van der Waals surface area contributed by atoms with Crippen LogP contribution in [0.1, 0.15) is 60.3 Å². The number of carbonyl (C=O) groups excluding carboxylic acids is 1. The van der Waals surface area contributed by atoms with Crippen molar-refractivity contribution in [2.45, 2.75) is 65.9 Å². The van der Waals surface area contributed by atoms with Crippen molar-refractivity contribution in [3.63, 3.8) is 0 Å². The van der Waals surface area contributed by atoms with Crippen LogP contribution in [0.3, 0.4) is 0 Å². The molecule has 0 bridgehead atoms. The van der Waals surface area contributed by atoms with Gasteiger partial charge in [0.2, 0.25) is 0 Å². The third-order valence-electron chi connectivity index (χ3n) is 4.69. The van der Waals surface area contributed by atoms with Gasteiger partial charge < -0.3 is 4.74 Å². The van der Waals surface area contributed by atoms with Gasteiger partial charge in [-0.15, -0.1) is 0 Å². The van der Waals surface area contributed by atoms with Crippen LogP contribution in [-0.4, -0.2) is 11.6 Å². The van der Waals surface area contributed by atoms with E-state index in [-0.39, 0.29) is 22.9 Å². The zero-order valence-electron chi connectivity index (χ0n) is 12.4. The van der Waals surface area contributed by atoms with E-state index >= 15 is 0 Å². The molecule has 2 aliphatic rings. The molecule has 1 saturated carbocycles. The van der Waals surface area contributed by atoms with E-state index in [1.807, 2.05) is 20.8 Å². The summed E-state index contributed by atoms with van der Waals surface area (Å²) in [5.74, 6) is 0.747. The SMILES string of the molecule is C[C@H]1CCC=C2CC(C(=O)OC(C)(C)C)C[C@@]21C. The number of allylic oxidation sites excluding steroid dienone is 2. The fraction of sp³-hybridized carbons (Fsp3) is 0.812. The Balaban J connectivity index is 2.10. The highest BCUT2D eigenvalue weighted by Crippen LogP contribution is 2.54. The summed E-state index contributed by atoms with van der Waals surface area (Å²) in [6.07, 6.45) is 6.67. The van der Waals surface area contributed by atoms with E-state index in [0.29, 0.717) is 5.92 Å². The molecular weight excluding hydrogens is 224 g/mol. The summed E-state index contributed by atoms with van der Waals surface area (Å²) in [7, 11) is 0. The van der Waals surface area contributed by atoms with Gasteiger partial charge in [-0.25, -0.2) is 0 Å². The molecule has 3 atom stereocenters. The molecule has 2 rings (SSSR count). The lowest BCUT2D eigenvalue weighted by molar-refractivity contribution is -0.160. The lowest BCUT2D eigenvalue weighted by Crippen LogP contribution is -2.30. The largest absolute Gasteiger partial charge is 0.460 e. The number of hydrogen-bond donors (Lipinski definition) is 0. The van der Waals surface area contributed by atoms with E-state index < -0.39 is 0 Å². The molecule has 102 valence electrons. The van der Waals surface area contributed by atoms with Gasteiger partial charge in [0.05, 0.1) is 5.92 Å². The predicted molar refractivity (Wildman–Crippen MR) is 73.2 cm³/mol. The summed E-state index contributed by atoms with van der Waals surface area (Å²) in [6, 6.07) is 0. The molecule has 0 aromatic heterocycles. The number of carbonyl (C=O) groups is 1. The number of fused-ring (bicyclic) bond motifs is 1. The van der Waals surface area contributed by atoms with Crippen LogP contribution in [0.2, 0.25) is 0 Å². The molecule has 0 aromatic rings. The Morgan fingerprint density at radius 3 is 2.67 bits per heavy atom. The van der Waals surface area contributed by atoms with Gasteiger partial charge in [-0.1, -0.05) is 25.5 Å². The van der Waals surface area contributed by atoms with E-state index in [4.69, 9.17) is 4.74 Å². The van der Waals surface area contributed by atoms with Crippen molar-refractivity contribution >= 4 is 5.97 Å². The highest BCUT2D eigenvalue weighted by Gasteiger charge is 2.47. The molecule has 0 aliphatic heterocycles. The summed E-state index contributed by atoms with van der Waals surface area (Å²) >= 11 is 0. The van der Waals surface area contributed by atoms with E-state index in [1.165, 1.54) is 18.4 Å². The minimum absolute atomic E-state index is 0.00812. The zero-order chi connectivity index (χ0) is 13.6. The van der Waals surface area contributed by atoms with Crippen molar-refractivity contribution in [1.29, 1.82) is 0 Å². The van der Waals surface area contributed by atoms with E-state index in [1.54, 1.807) is 0 Å². The van der Waals surface area contributed by atoms with Crippen molar-refractivity contribution in [3.05, 3.63) is 11.6 Å². The predicted octanol–water partition coefficient (Wildman–Crippen LogP) is 4.10. The van der Waals surface area contributed by atoms with Crippen molar-refractivity contribution in [2.24, 2.45) is 17.3 Å². The molecule has 1 fully saturated rings. The van der Waals surface area contributed by atoms with Gasteiger partial charge in [0.1, 0.15) is 5.60 Å². The molecule has 0 heterocycles. The minimum Gasteiger partial charge on any atom is -0.460 e. The average Bonchev–Trinajstić information content (AvgIpc) is 2.56. The Kier molecular flexibility index (Phi) is 3.33. The van der Waals surface area contributed by atoms with Crippen LogP contribution in [-0.2, 0) is 9.53 Å². The Morgan fingerprint density at radius 2 is 2.11 bits per heavy atom. The monoisotopic (exact) mass is 250 g/mol. The first-order chi connectivity index (χ1) is 8.22. The van der Waals surface area contributed by atoms with E-state index in [0.717, 1.165) is 12.8 Å². The molecule has 0 amide bonds. The third-order valence-corrected chi connectivity index (χ3v) is 4.69. The summed E-state index contributed by atoms with van der Waals surface area (Å²) < 4.78 is 5.54. The standard InChI is InChI=1S/C16H26O2/c1-11-7-6-8-13-9-12(10-16(11,13)5)14(17)18-15(2,3)4/h8,11-12H,6-7,9-10H2,1-5H3/t11-,12?,16+/m0/s1. The Hall–Kier alpha value is -0.790. The second kappa shape index (κ2) is 4.40. The summed E-state index contributed by atoms with van der Waals surface area (Å²) in [5.41, 5.74) is 1.36. The topological polar surface area (TPSA) is 26.3 Å². The fourth-order valence-corrected chi connectivity index (χ4v) is 3.43. The number of esters is 1. The maximum atomic E-state index is 12.2. The van der Waals surface area contributed by atoms with E-state index in [9.17, 15) is 4.79 Å². The van der Waals surface area contributed by atoms with Gasteiger partial charge in [-0.2, -0.15) is 0 Å². The Bertz CT molecular complexity index is 375. The fourth-order valence-electron chi connectivity index (χ4n) is 3.43. The first-order valence-corrected chi connectivity index (χ1v) is 7.15. The maximum Gasteiger partial charge on any atom is 0.309 e. The molecule has 0 spiro atoms. The molecule has 0 N–H and O–H groups in total. The van der Waals surface area contributed by atoms with Gasteiger partial charge in [-0.05, 0) is 57.8 Å². The van der Waals surface area contributed by atoms with Crippen molar-refractivity contribution in [3.8, 4) is 0 Å². The molecule has 2 heteroatoms. The van der Waals surface area contributed by atoms with Crippen LogP contribution in [0.4, 0.5) is 0 Å². The molecule has 2 aliphatic carbocycles. The van der Waals surface area contributed by atoms with Crippen LogP contribution >= 0.6 is 0 Å².